The van der Waals surface area contributed by atoms with Crippen LogP contribution >= 0.6 is 0 Å². The number of aliphatic hydroxyl groups is 3. The number of aliphatic hydroxyl groups excluding tert-OH is 2. The highest BCUT2D eigenvalue weighted by atomic mass is 19.4. The van der Waals surface area contributed by atoms with Crippen molar-refractivity contribution < 1.29 is 48.0 Å². The number of hydrogen-bond acceptors (Lipinski definition) is 10. The van der Waals surface area contributed by atoms with Gasteiger partial charge in [0.25, 0.3) is 0 Å². The summed E-state index contributed by atoms with van der Waals surface area (Å²) in [6.45, 7) is 1.28. The van der Waals surface area contributed by atoms with Crippen molar-refractivity contribution in [1.29, 1.82) is 0 Å². The third kappa shape index (κ3) is 5.28. The molecule has 1 aromatic carbocycles. The molecule has 3 aliphatic carbocycles. The van der Waals surface area contributed by atoms with Gasteiger partial charge < -0.3 is 36.0 Å². The third-order valence-corrected chi connectivity index (χ3v) is 9.32. The van der Waals surface area contributed by atoms with Gasteiger partial charge in [-0.25, -0.2) is 0 Å². The first-order valence-electron chi connectivity index (χ1n) is 13.9. The second kappa shape index (κ2) is 11.1. The highest BCUT2D eigenvalue weighted by molar-refractivity contribution is 6.25. The molecule has 11 nitrogen and oxygen atoms in total. The van der Waals surface area contributed by atoms with E-state index >= 15 is 0 Å². The fraction of sp³-hybridized carbons (Fsp3) is 0.621. The van der Waals surface area contributed by atoms with E-state index in [2.05, 4.69) is 0 Å². The molecule has 6 N–H and O–H groups in total. The fourth-order valence-electron chi connectivity index (χ4n) is 7.14. The summed E-state index contributed by atoms with van der Waals surface area (Å²) in [5.74, 6) is -8.44. The fourth-order valence-corrected chi connectivity index (χ4v) is 7.14. The number of amides is 1. The number of nitrogens with zero attached hydrogens (tertiary/aromatic N) is 3. The summed E-state index contributed by atoms with van der Waals surface area (Å²) in [6.07, 6.45) is -6.98. The number of likely N-dealkylation sites (N-methyl/N-ethyl adjacent to an activating group) is 1. The van der Waals surface area contributed by atoms with Crippen LogP contribution in [0.3, 0.4) is 0 Å². The molecule has 7 atom stereocenters. The van der Waals surface area contributed by atoms with Gasteiger partial charge in [0.05, 0.1) is 18.1 Å². The topological polar surface area (TPSA) is 168 Å². The Bertz CT molecular complexity index is 1380. The first-order valence-corrected chi connectivity index (χ1v) is 13.9. The number of aromatic hydroxyl groups is 1. The SMILES string of the molecule is CC(CC(F)(F)F)N(C)Cc1cc(N(C)C)c2c(c1O)C(O)=C1C(=O)[C@]3(O)C(=O)C(C(N)=O)C(O)[C@@H](N(C)C)[C@@H]3C[C@@H]1C2. The molecule has 0 aliphatic heterocycles. The molecule has 2 fully saturated rings. The van der Waals surface area contributed by atoms with Crippen molar-refractivity contribution in [3.05, 3.63) is 28.3 Å². The van der Waals surface area contributed by atoms with Gasteiger partial charge in [0.2, 0.25) is 11.7 Å². The Balaban J connectivity index is 1.86. The van der Waals surface area contributed by atoms with E-state index in [1.54, 1.807) is 39.2 Å². The first kappa shape index (κ1) is 32.7. The zero-order chi connectivity index (χ0) is 32.5. The molecule has 0 radical (unpaired) electrons. The summed E-state index contributed by atoms with van der Waals surface area (Å²) < 4.78 is 39.1. The smallest absolute Gasteiger partial charge is 0.390 e. The highest BCUT2D eigenvalue weighted by Crippen LogP contribution is 2.53. The maximum absolute atomic E-state index is 14.1. The van der Waals surface area contributed by atoms with Gasteiger partial charge in [-0.2, -0.15) is 13.2 Å². The number of primary amides is 1. The number of carbonyl (C=O) groups is 3. The van der Waals surface area contributed by atoms with E-state index < -0.39 is 83.1 Å². The van der Waals surface area contributed by atoms with Gasteiger partial charge in [-0.05, 0) is 58.5 Å². The Morgan fingerprint density at radius 2 is 1.77 bits per heavy atom. The van der Waals surface area contributed by atoms with E-state index in [0.29, 0.717) is 11.3 Å². The minimum atomic E-state index is -4.40. The molecular formula is C29H39F3N4O7. The number of Topliss-reactive ketones (excluding diaryl/α,β-unsaturated/α-hetero) is 2. The van der Waals surface area contributed by atoms with E-state index in [9.17, 15) is 48.0 Å². The molecule has 3 unspecified atom stereocenters. The number of phenolic OH excluding ortho intramolecular Hbond substituents is 1. The van der Waals surface area contributed by atoms with E-state index in [0.717, 1.165) is 0 Å². The number of carbonyl (C=O) groups excluding carboxylic acids is 3. The number of nitrogens with two attached hydrogens (primary N) is 1. The van der Waals surface area contributed by atoms with Crippen LogP contribution in [0.5, 0.6) is 5.75 Å². The minimum Gasteiger partial charge on any atom is -0.507 e. The van der Waals surface area contributed by atoms with Crippen molar-refractivity contribution in [3.63, 3.8) is 0 Å². The number of benzene rings is 1. The second-order valence-corrected chi connectivity index (χ2v) is 12.5. The largest absolute Gasteiger partial charge is 0.507 e. The van der Waals surface area contributed by atoms with Crippen LogP contribution in [0.15, 0.2) is 11.6 Å². The Morgan fingerprint density at radius 1 is 1.16 bits per heavy atom. The lowest BCUT2D eigenvalue weighted by Gasteiger charge is -2.53. The van der Waals surface area contributed by atoms with Gasteiger partial charge >= 0.3 is 6.18 Å². The van der Waals surface area contributed by atoms with Crippen LogP contribution in [0, 0.1) is 17.8 Å². The van der Waals surface area contributed by atoms with Crippen LogP contribution in [0.4, 0.5) is 18.9 Å². The van der Waals surface area contributed by atoms with Crippen molar-refractivity contribution in [1.82, 2.24) is 9.80 Å². The highest BCUT2D eigenvalue weighted by Gasteiger charge is 2.67. The maximum Gasteiger partial charge on any atom is 0.390 e. The summed E-state index contributed by atoms with van der Waals surface area (Å²) in [4.78, 5) is 44.4. The third-order valence-electron chi connectivity index (χ3n) is 9.32. The zero-order valence-corrected chi connectivity index (χ0v) is 24.9. The number of halogens is 3. The van der Waals surface area contributed by atoms with E-state index in [-0.39, 0.29) is 36.1 Å². The molecule has 43 heavy (non-hydrogen) atoms. The molecule has 2 saturated carbocycles. The van der Waals surface area contributed by atoms with Crippen LogP contribution in [-0.4, -0.2) is 113 Å². The van der Waals surface area contributed by atoms with Gasteiger partial charge in [-0.15, -0.1) is 0 Å². The maximum atomic E-state index is 14.1. The normalized spacial score (nSPS) is 29.8. The number of fused-ring (bicyclic) bond motifs is 3. The number of phenols is 1. The molecule has 1 aromatic rings. The lowest BCUT2D eigenvalue weighted by atomic mass is 9.54. The molecular weight excluding hydrogens is 573 g/mol. The van der Waals surface area contributed by atoms with E-state index in [1.807, 2.05) is 0 Å². The second-order valence-electron chi connectivity index (χ2n) is 12.5. The zero-order valence-electron chi connectivity index (χ0n) is 24.9. The summed E-state index contributed by atoms with van der Waals surface area (Å²) >= 11 is 0. The summed E-state index contributed by atoms with van der Waals surface area (Å²) in [5, 5.41) is 45.7. The van der Waals surface area contributed by atoms with Gasteiger partial charge in [0, 0.05) is 55.5 Å². The summed E-state index contributed by atoms with van der Waals surface area (Å²) in [6, 6.07) is -0.318. The van der Waals surface area contributed by atoms with Crippen molar-refractivity contribution in [2.45, 2.75) is 62.7 Å². The first-order chi connectivity index (χ1) is 19.7. The average molecular weight is 613 g/mol. The number of ketones is 2. The standard InChI is InChI=1S/C29H39F3N4O7/c1-12(10-28(30,31)32)36(6)11-14-9-17(34(2)3)15-7-13-8-16-21(35(4)5)24(39)20(27(33)42)26(41)29(16,43)25(40)18(13)23(38)19(15)22(14)37/h9,12-13,16,20-21,24,37-39,43H,7-8,10-11H2,1-6H3,(H2,33,42)/t12?,13-,16-,20?,21-,24?,29-/m0/s1. The Labute approximate surface area is 247 Å². The van der Waals surface area contributed by atoms with Crippen molar-refractivity contribution in [2.75, 3.05) is 40.1 Å². The Hall–Kier alpha value is -3.20. The van der Waals surface area contributed by atoms with Gasteiger partial charge in [-0.3, -0.25) is 19.3 Å². The van der Waals surface area contributed by atoms with Gasteiger partial charge in [0.15, 0.2) is 11.4 Å². The lowest BCUT2D eigenvalue weighted by molar-refractivity contribution is -0.184. The molecule has 0 bridgehead atoms. The van der Waals surface area contributed by atoms with Crippen LogP contribution in [-0.2, 0) is 27.3 Å². The van der Waals surface area contributed by atoms with Gasteiger partial charge in [-0.1, -0.05) is 0 Å². The summed E-state index contributed by atoms with van der Waals surface area (Å²) in [5.41, 5.74) is 3.44. The average Bonchev–Trinajstić information content (AvgIpc) is 2.86. The number of rotatable bonds is 7. The van der Waals surface area contributed by atoms with Crippen LogP contribution in [0.1, 0.15) is 36.5 Å². The van der Waals surface area contributed by atoms with Crippen molar-refractivity contribution in [3.8, 4) is 5.75 Å². The number of anilines is 1. The molecule has 4 rings (SSSR count). The van der Waals surface area contributed by atoms with Crippen molar-refractivity contribution >= 4 is 28.9 Å². The quantitative estimate of drug-likeness (QED) is 0.280. The molecule has 1 amide bonds. The molecule has 3 aliphatic rings. The lowest BCUT2D eigenvalue weighted by Crippen LogP contribution is -2.73. The molecule has 14 heteroatoms. The molecule has 0 spiro atoms. The molecule has 238 valence electrons. The molecule has 0 aromatic heterocycles. The predicted octanol–water partition coefficient (Wildman–Crippen LogP) is 0.968. The van der Waals surface area contributed by atoms with E-state index in [4.69, 9.17) is 5.73 Å². The summed E-state index contributed by atoms with van der Waals surface area (Å²) in [7, 11) is 8.05. The van der Waals surface area contributed by atoms with Crippen LogP contribution in [0.2, 0.25) is 0 Å². The monoisotopic (exact) mass is 612 g/mol. The van der Waals surface area contributed by atoms with Crippen LogP contribution < -0.4 is 10.6 Å². The van der Waals surface area contributed by atoms with Gasteiger partial charge in [0.1, 0.15) is 17.4 Å². The van der Waals surface area contributed by atoms with E-state index in [1.165, 1.54) is 23.8 Å². The predicted molar refractivity (Wildman–Crippen MR) is 150 cm³/mol. The minimum absolute atomic E-state index is 0.0225. The van der Waals surface area contributed by atoms with Crippen LogP contribution in [0.25, 0.3) is 5.76 Å². The Morgan fingerprint density at radius 3 is 2.28 bits per heavy atom. The number of hydrogen-bond donors (Lipinski definition) is 5. The molecule has 0 heterocycles. The number of alkyl halides is 3. The Kier molecular flexibility index (Phi) is 8.41. The molecule has 0 saturated heterocycles. The van der Waals surface area contributed by atoms with Crippen molar-refractivity contribution in [2.24, 2.45) is 23.5 Å².